The van der Waals surface area contributed by atoms with E-state index in [2.05, 4.69) is 20.8 Å². The molecule has 0 bridgehead atoms. The molecule has 0 spiro atoms. The van der Waals surface area contributed by atoms with Crippen molar-refractivity contribution in [1.29, 1.82) is 0 Å². The predicted octanol–water partition coefficient (Wildman–Crippen LogP) is 8.36. The summed E-state index contributed by atoms with van der Waals surface area (Å²) in [6, 6.07) is 7.83. The van der Waals surface area contributed by atoms with Crippen molar-refractivity contribution in [1.82, 2.24) is 0 Å². The number of benzene rings is 1. The van der Waals surface area contributed by atoms with Crippen LogP contribution < -0.4 is 0 Å². The van der Waals surface area contributed by atoms with Crippen LogP contribution in [0.3, 0.4) is 0 Å². The molecule has 4 fully saturated rings. The molecule has 0 radical (unpaired) electrons. The second-order valence-electron chi connectivity index (χ2n) is 15.6. The Kier molecular flexibility index (Phi) is 8.73. The molecule has 4 aliphatic carbocycles. The summed E-state index contributed by atoms with van der Waals surface area (Å²) in [6.07, 6.45) is 4.22. The number of halogens is 3. The summed E-state index contributed by atoms with van der Waals surface area (Å²) in [5.41, 5.74) is -3.63. The standard InChI is InChI=1S/C35H53F3O4S/c1-6-25(30(22-33(5,39)35(36,37)38)43(41,42)24-11-9-8-10-12-24)27-15-16-28-26-14-13-23-21-34(40,7-2)20-19-31(23,3)29(26)17-18-32(27,28)4/h8-12,23,25-30,39-40H,6-7,13-22H2,1-5H3/t23-,25-,26-,27+,28-,29-,30?,31-,32+,33-,34-/m0/s1. The molecule has 0 saturated heterocycles. The van der Waals surface area contributed by atoms with Crippen molar-refractivity contribution >= 4 is 9.84 Å². The van der Waals surface area contributed by atoms with Gasteiger partial charge in [-0.05, 0) is 130 Å². The molecule has 0 amide bonds. The van der Waals surface area contributed by atoms with Crippen LogP contribution >= 0.6 is 0 Å². The minimum absolute atomic E-state index is 0.0235. The number of fused-ring (bicyclic) bond motifs is 5. The molecule has 0 heterocycles. The molecule has 0 aliphatic heterocycles. The molecule has 2 N–H and O–H groups in total. The monoisotopic (exact) mass is 626 g/mol. The minimum Gasteiger partial charge on any atom is -0.390 e. The Balaban J connectivity index is 1.47. The third-order valence-electron chi connectivity index (χ3n) is 13.7. The fourth-order valence-corrected chi connectivity index (χ4v) is 13.2. The van der Waals surface area contributed by atoms with Crippen LogP contribution in [-0.4, -0.2) is 41.3 Å². The van der Waals surface area contributed by atoms with Crippen molar-refractivity contribution in [2.75, 3.05) is 0 Å². The SMILES string of the molecule is CC[C@H](C(C[C@](C)(O)C(F)(F)F)S(=O)(=O)c1ccccc1)[C@H]1CC[C@H]2[C@@H]3CC[C@H]4C[C@](O)(CC)CC[C@]4(C)[C@H]3CC[C@]12C. The van der Waals surface area contributed by atoms with E-state index in [1.54, 1.807) is 18.2 Å². The maximum Gasteiger partial charge on any atom is 0.416 e. The highest BCUT2D eigenvalue weighted by molar-refractivity contribution is 7.92. The predicted molar refractivity (Wildman–Crippen MR) is 163 cm³/mol. The molecule has 8 heteroatoms. The van der Waals surface area contributed by atoms with Crippen LogP contribution in [0.15, 0.2) is 35.2 Å². The van der Waals surface area contributed by atoms with Crippen molar-refractivity contribution < 1.29 is 31.8 Å². The lowest BCUT2D eigenvalue weighted by molar-refractivity contribution is -0.256. The summed E-state index contributed by atoms with van der Waals surface area (Å²) >= 11 is 0. The lowest BCUT2D eigenvalue weighted by Gasteiger charge is -2.62. The molecule has 4 saturated carbocycles. The first-order chi connectivity index (χ1) is 19.9. The average Bonchev–Trinajstić information content (AvgIpc) is 3.30. The number of sulfone groups is 1. The van der Waals surface area contributed by atoms with Gasteiger partial charge in [0, 0.05) is 6.42 Å². The smallest absolute Gasteiger partial charge is 0.390 e. The zero-order chi connectivity index (χ0) is 31.6. The van der Waals surface area contributed by atoms with Crippen molar-refractivity contribution in [3.05, 3.63) is 30.3 Å². The maximum atomic E-state index is 14.2. The van der Waals surface area contributed by atoms with Gasteiger partial charge in [-0.15, -0.1) is 0 Å². The van der Waals surface area contributed by atoms with Gasteiger partial charge in [-0.25, -0.2) is 8.42 Å². The van der Waals surface area contributed by atoms with E-state index in [4.69, 9.17) is 0 Å². The third-order valence-corrected chi connectivity index (χ3v) is 15.9. The van der Waals surface area contributed by atoms with Gasteiger partial charge < -0.3 is 10.2 Å². The van der Waals surface area contributed by atoms with Crippen LogP contribution in [0.4, 0.5) is 13.2 Å². The fraction of sp³-hybridized carbons (Fsp3) is 0.829. The molecular weight excluding hydrogens is 573 g/mol. The second-order valence-corrected chi connectivity index (χ2v) is 17.8. The zero-order valence-electron chi connectivity index (χ0n) is 26.7. The van der Waals surface area contributed by atoms with Gasteiger partial charge in [-0.3, -0.25) is 0 Å². The number of rotatable bonds is 8. The molecule has 1 aromatic rings. The van der Waals surface area contributed by atoms with E-state index in [-0.39, 0.29) is 21.6 Å². The van der Waals surface area contributed by atoms with Crippen molar-refractivity contribution in [3.8, 4) is 0 Å². The van der Waals surface area contributed by atoms with Crippen LogP contribution in [0.1, 0.15) is 112 Å². The van der Waals surface area contributed by atoms with Crippen molar-refractivity contribution in [3.63, 3.8) is 0 Å². The van der Waals surface area contributed by atoms with Gasteiger partial charge in [0.05, 0.1) is 15.7 Å². The summed E-state index contributed by atoms with van der Waals surface area (Å²) in [7, 11) is -4.15. The van der Waals surface area contributed by atoms with E-state index in [1.165, 1.54) is 12.1 Å². The van der Waals surface area contributed by atoms with E-state index in [9.17, 15) is 31.8 Å². The van der Waals surface area contributed by atoms with Gasteiger partial charge in [-0.1, -0.05) is 52.3 Å². The Morgan fingerprint density at radius 1 is 0.930 bits per heavy atom. The van der Waals surface area contributed by atoms with E-state index < -0.39 is 44.8 Å². The molecule has 43 heavy (non-hydrogen) atoms. The number of alkyl halides is 3. The number of hydrogen-bond donors (Lipinski definition) is 2. The summed E-state index contributed by atoms with van der Waals surface area (Å²) in [4.78, 5) is 0.0235. The molecule has 4 nitrogen and oxygen atoms in total. The quantitative estimate of drug-likeness (QED) is 0.304. The summed E-state index contributed by atoms with van der Waals surface area (Å²) in [6.45, 7) is 9.47. The third kappa shape index (κ3) is 5.51. The first-order valence-electron chi connectivity index (χ1n) is 16.7. The molecule has 11 atom stereocenters. The largest absolute Gasteiger partial charge is 0.416 e. The zero-order valence-corrected chi connectivity index (χ0v) is 27.5. The lowest BCUT2D eigenvalue weighted by atomic mass is 9.43. The molecule has 5 rings (SSSR count). The number of hydrogen-bond acceptors (Lipinski definition) is 4. The van der Waals surface area contributed by atoms with E-state index >= 15 is 0 Å². The van der Waals surface area contributed by atoms with Crippen LogP contribution in [0.2, 0.25) is 0 Å². The van der Waals surface area contributed by atoms with E-state index in [1.807, 2.05) is 6.92 Å². The summed E-state index contributed by atoms with van der Waals surface area (Å²) in [5, 5.41) is 20.5. The Bertz CT molecular complexity index is 1250. The Morgan fingerprint density at radius 2 is 1.58 bits per heavy atom. The van der Waals surface area contributed by atoms with Gasteiger partial charge in [-0.2, -0.15) is 13.2 Å². The fourth-order valence-electron chi connectivity index (χ4n) is 11.0. The highest BCUT2D eigenvalue weighted by atomic mass is 32.2. The maximum absolute atomic E-state index is 14.2. The Labute approximate surface area is 257 Å². The van der Waals surface area contributed by atoms with Crippen LogP contribution in [0, 0.1) is 46.3 Å². The second kappa shape index (κ2) is 11.3. The molecule has 4 aliphatic rings. The van der Waals surface area contributed by atoms with Crippen LogP contribution in [0.5, 0.6) is 0 Å². The molecule has 244 valence electrons. The van der Waals surface area contributed by atoms with Crippen molar-refractivity contribution in [2.45, 2.75) is 139 Å². The van der Waals surface area contributed by atoms with E-state index in [0.29, 0.717) is 30.1 Å². The lowest BCUT2D eigenvalue weighted by Crippen LogP contribution is -2.56. The normalized spacial score (nSPS) is 40.9. The molecular formula is C35H53F3O4S. The Hall–Kier alpha value is -1.12. The van der Waals surface area contributed by atoms with Crippen LogP contribution in [-0.2, 0) is 9.84 Å². The Morgan fingerprint density at radius 3 is 2.19 bits per heavy atom. The number of aliphatic hydroxyl groups is 2. The first-order valence-corrected chi connectivity index (χ1v) is 18.3. The topological polar surface area (TPSA) is 74.6 Å². The van der Waals surface area contributed by atoms with Crippen LogP contribution in [0.25, 0.3) is 0 Å². The molecule has 1 unspecified atom stereocenters. The average molecular weight is 627 g/mol. The van der Waals surface area contributed by atoms with Crippen molar-refractivity contribution in [2.24, 2.45) is 46.3 Å². The highest BCUT2D eigenvalue weighted by Crippen LogP contribution is 2.69. The minimum atomic E-state index is -4.94. The van der Waals surface area contributed by atoms with Gasteiger partial charge in [0.15, 0.2) is 15.4 Å². The van der Waals surface area contributed by atoms with Gasteiger partial charge >= 0.3 is 6.18 Å². The molecule has 0 aromatic heterocycles. The highest BCUT2D eigenvalue weighted by Gasteiger charge is 2.63. The van der Waals surface area contributed by atoms with Gasteiger partial charge in [0.1, 0.15) is 0 Å². The first kappa shape index (κ1) is 33.2. The van der Waals surface area contributed by atoms with E-state index in [0.717, 1.165) is 71.1 Å². The summed E-state index contributed by atoms with van der Waals surface area (Å²) in [5.74, 6) is 1.50. The summed E-state index contributed by atoms with van der Waals surface area (Å²) < 4.78 is 70.5. The molecule has 1 aromatic carbocycles. The van der Waals surface area contributed by atoms with Gasteiger partial charge in [0.25, 0.3) is 0 Å². The van der Waals surface area contributed by atoms with Gasteiger partial charge in [0.2, 0.25) is 0 Å².